The molecule has 0 atom stereocenters. The van der Waals surface area contributed by atoms with Gasteiger partial charge >= 0.3 is 0 Å². The summed E-state index contributed by atoms with van der Waals surface area (Å²) >= 11 is 7.58. The Morgan fingerprint density at radius 2 is 1.96 bits per heavy atom. The van der Waals surface area contributed by atoms with E-state index >= 15 is 0 Å². The molecule has 0 aromatic carbocycles. The Labute approximate surface area is 146 Å². The standard InChI is InChI=1S/C15H15ClN6OS/c1-20-12-8-6-17-21(2)10(8)4-5-11(12)24-15(20)19-14(23)13-9(16)7-18-22(13)3/h6-7H,4-5H2,1-3H3. The molecule has 4 rings (SSSR count). The van der Waals surface area contributed by atoms with E-state index in [1.807, 2.05) is 29.5 Å². The summed E-state index contributed by atoms with van der Waals surface area (Å²) in [6, 6.07) is 0. The molecule has 3 heterocycles. The third-order valence-corrected chi connectivity index (χ3v) is 5.77. The molecule has 0 saturated heterocycles. The highest BCUT2D eigenvalue weighted by Crippen LogP contribution is 2.34. The number of aromatic nitrogens is 5. The van der Waals surface area contributed by atoms with Gasteiger partial charge in [-0.2, -0.15) is 15.2 Å². The molecular formula is C15H15ClN6OS. The van der Waals surface area contributed by atoms with Gasteiger partial charge in [0.05, 0.1) is 23.1 Å². The third kappa shape index (κ3) is 2.17. The fourth-order valence-electron chi connectivity index (χ4n) is 3.09. The molecule has 9 heteroatoms. The van der Waals surface area contributed by atoms with Gasteiger partial charge in [0.1, 0.15) is 5.69 Å². The number of halogens is 1. The van der Waals surface area contributed by atoms with Gasteiger partial charge in [-0.3, -0.25) is 14.2 Å². The molecule has 0 fully saturated rings. The van der Waals surface area contributed by atoms with Crippen molar-refractivity contribution in [1.82, 2.24) is 24.1 Å². The van der Waals surface area contributed by atoms with Crippen molar-refractivity contribution < 1.29 is 4.79 Å². The molecule has 1 aliphatic rings. The van der Waals surface area contributed by atoms with Crippen molar-refractivity contribution in [2.24, 2.45) is 26.1 Å². The minimum Gasteiger partial charge on any atom is -0.319 e. The molecule has 0 spiro atoms. The van der Waals surface area contributed by atoms with Crippen molar-refractivity contribution in [3.63, 3.8) is 0 Å². The van der Waals surface area contributed by atoms with Gasteiger partial charge in [-0.15, -0.1) is 11.3 Å². The van der Waals surface area contributed by atoms with Crippen molar-refractivity contribution in [3.05, 3.63) is 38.5 Å². The van der Waals surface area contributed by atoms with Crippen LogP contribution in [0.1, 0.15) is 21.1 Å². The molecule has 1 aliphatic carbocycles. The van der Waals surface area contributed by atoms with Crippen molar-refractivity contribution >= 4 is 28.8 Å². The van der Waals surface area contributed by atoms with Gasteiger partial charge in [0, 0.05) is 37.3 Å². The maximum absolute atomic E-state index is 12.5. The van der Waals surface area contributed by atoms with Gasteiger partial charge in [0.25, 0.3) is 5.91 Å². The van der Waals surface area contributed by atoms with Crippen LogP contribution in [0, 0.1) is 0 Å². The smallest absolute Gasteiger partial charge is 0.299 e. The number of fused-ring (bicyclic) bond motifs is 3. The lowest BCUT2D eigenvalue weighted by Gasteiger charge is -2.13. The van der Waals surface area contributed by atoms with Crippen LogP contribution in [-0.2, 0) is 34.0 Å². The first kappa shape index (κ1) is 15.3. The number of amides is 1. The molecule has 24 heavy (non-hydrogen) atoms. The van der Waals surface area contributed by atoms with E-state index in [4.69, 9.17) is 11.6 Å². The minimum absolute atomic E-state index is 0.296. The topological polar surface area (TPSA) is 70.0 Å². The molecule has 0 unspecified atom stereocenters. The Kier molecular flexibility index (Phi) is 3.47. The molecule has 3 aromatic rings. The van der Waals surface area contributed by atoms with E-state index in [1.54, 1.807) is 7.05 Å². The molecule has 124 valence electrons. The lowest BCUT2D eigenvalue weighted by atomic mass is 10.0. The number of hydrogen-bond donors (Lipinski definition) is 0. The Balaban J connectivity index is 1.85. The predicted octanol–water partition coefficient (Wildman–Crippen LogP) is 1.71. The van der Waals surface area contributed by atoms with Crippen LogP contribution in [0.4, 0.5) is 0 Å². The van der Waals surface area contributed by atoms with Gasteiger partial charge in [-0.25, -0.2) is 0 Å². The second-order valence-electron chi connectivity index (χ2n) is 5.73. The molecule has 0 radical (unpaired) electrons. The zero-order valence-corrected chi connectivity index (χ0v) is 15.0. The summed E-state index contributed by atoms with van der Waals surface area (Å²) in [4.78, 5) is 18.6. The summed E-state index contributed by atoms with van der Waals surface area (Å²) in [7, 11) is 5.56. The molecule has 0 aliphatic heterocycles. The lowest BCUT2D eigenvalue weighted by Crippen LogP contribution is -2.16. The lowest BCUT2D eigenvalue weighted by molar-refractivity contribution is 0.0989. The minimum atomic E-state index is -0.388. The molecule has 7 nitrogen and oxygen atoms in total. The molecule has 0 saturated carbocycles. The third-order valence-electron chi connectivity index (χ3n) is 4.30. The number of aryl methyl sites for hydroxylation is 3. The zero-order chi connectivity index (χ0) is 17.0. The second-order valence-corrected chi connectivity index (χ2v) is 7.19. The fourth-order valence-corrected chi connectivity index (χ4v) is 4.46. The van der Waals surface area contributed by atoms with Crippen molar-refractivity contribution in [2.45, 2.75) is 12.8 Å². The molecule has 3 aromatic heterocycles. The van der Waals surface area contributed by atoms with Crippen molar-refractivity contribution in [1.29, 1.82) is 0 Å². The van der Waals surface area contributed by atoms with Gasteiger partial charge in [0.15, 0.2) is 4.80 Å². The number of hydrogen-bond acceptors (Lipinski definition) is 4. The summed E-state index contributed by atoms with van der Waals surface area (Å²) in [6.07, 6.45) is 5.20. The number of carbonyl (C=O) groups excluding carboxylic acids is 1. The average Bonchev–Trinajstić information content (AvgIpc) is 3.17. The SMILES string of the molecule is Cn1ncc2c1CCc1sc(=NC(=O)c3c(Cl)cnn3C)n(C)c1-2. The van der Waals surface area contributed by atoms with Crippen LogP contribution in [-0.4, -0.2) is 30.0 Å². The Hall–Kier alpha value is -2.19. The maximum atomic E-state index is 12.5. The molecular weight excluding hydrogens is 348 g/mol. The highest BCUT2D eigenvalue weighted by atomic mass is 35.5. The van der Waals surface area contributed by atoms with E-state index in [9.17, 15) is 4.79 Å². The first-order valence-corrected chi connectivity index (χ1v) is 8.63. The van der Waals surface area contributed by atoms with Gasteiger partial charge in [-0.1, -0.05) is 11.6 Å². The number of rotatable bonds is 1. The van der Waals surface area contributed by atoms with Crippen LogP contribution in [0.2, 0.25) is 5.02 Å². The first-order valence-electron chi connectivity index (χ1n) is 7.44. The molecule has 0 bridgehead atoms. The quantitative estimate of drug-likeness (QED) is 0.661. The van der Waals surface area contributed by atoms with E-state index in [0.717, 1.165) is 24.1 Å². The number of nitrogens with zero attached hydrogens (tertiary/aromatic N) is 6. The van der Waals surface area contributed by atoms with Crippen LogP contribution < -0.4 is 4.80 Å². The average molecular weight is 363 g/mol. The van der Waals surface area contributed by atoms with E-state index in [1.165, 1.54) is 32.8 Å². The number of carbonyl (C=O) groups is 1. The van der Waals surface area contributed by atoms with E-state index < -0.39 is 0 Å². The Morgan fingerprint density at radius 3 is 2.67 bits per heavy atom. The Bertz CT molecular complexity index is 1020. The van der Waals surface area contributed by atoms with E-state index in [0.29, 0.717) is 15.5 Å². The van der Waals surface area contributed by atoms with E-state index in [-0.39, 0.29) is 5.91 Å². The van der Waals surface area contributed by atoms with Gasteiger partial charge in [-0.05, 0) is 12.8 Å². The summed E-state index contributed by atoms with van der Waals surface area (Å²) < 4.78 is 5.32. The van der Waals surface area contributed by atoms with Crippen molar-refractivity contribution in [2.75, 3.05) is 0 Å². The fraction of sp³-hybridized carbons (Fsp3) is 0.333. The summed E-state index contributed by atoms with van der Waals surface area (Å²) in [5, 5.41) is 8.65. The monoisotopic (exact) mass is 362 g/mol. The van der Waals surface area contributed by atoms with E-state index in [2.05, 4.69) is 15.2 Å². The number of thiazole rings is 1. The Morgan fingerprint density at radius 1 is 1.21 bits per heavy atom. The van der Waals surface area contributed by atoms with Crippen LogP contribution >= 0.6 is 22.9 Å². The second kappa shape index (κ2) is 5.42. The van der Waals surface area contributed by atoms with Crippen molar-refractivity contribution in [3.8, 4) is 11.3 Å². The maximum Gasteiger partial charge on any atom is 0.299 e. The van der Waals surface area contributed by atoms with Crippen LogP contribution in [0.5, 0.6) is 0 Å². The first-order chi connectivity index (χ1) is 11.5. The summed E-state index contributed by atoms with van der Waals surface area (Å²) in [5.41, 5.74) is 3.72. The van der Waals surface area contributed by atoms with Crippen LogP contribution in [0.3, 0.4) is 0 Å². The largest absolute Gasteiger partial charge is 0.319 e. The summed E-state index contributed by atoms with van der Waals surface area (Å²) in [6.45, 7) is 0. The van der Waals surface area contributed by atoms with Crippen LogP contribution in [0.25, 0.3) is 11.3 Å². The summed E-state index contributed by atoms with van der Waals surface area (Å²) in [5.74, 6) is -0.388. The van der Waals surface area contributed by atoms with Gasteiger partial charge in [0.2, 0.25) is 0 Å². The highest BCUT2D eigenvalue weighted by molar-refractivity contribution is 7.09. The molecule has 1 amide bonds. The van der Waals surface area contributed by atoms with Gasteiger partial charge < -0.3 is 4.57 Å². The predicted molar refractivity (Wildman–Crippen MR) is 91.0 cm³/mol. The normalized spacial score (nSPS) is 13.9. The highest BCUT2D eigenvalue weighted by Gasteiger charge is 2.24. The van der Waals surface area contributed by atoms with Crippen LogP contribution in [0.15, 0.2) is 17.4 Å². The zero-order valence-electron chi connectivity index (χ0n) is 13.4. The molecule has 0 N–H and O–H groups in total.